The van der Waals surface area contributed by atoms with Crippen molar-refractivity contribution < 1.29 is 14.3 Å². The molecular weight excluding hydrogens is 439 g/mol. The minimum atomic E-state index is -0.363. The fraction of sp³-hybridized carbons (Fsp3) is 0.500. The number of ether oxygens (including phenoxy) is 2. The van der Waals surface area contributed by atoms with Crippen molar-refractivity contribution >= 4 is 35.1 Å². The summed E-state index contributed by atoms with van der Waals surface area (Å²) < 4.78 is 10.8. The molecule has 2 atom stereocenters. The predicted molar refractivity (Wildman–Crippen MR) is 123 cm³/mol. The lowest BCUT2D eigenvalue weighted by Crippen LogP contribution is -2.35. The maximum absolute atomic E-state index is 12.0. The van der Waals surface area contributed by atoms with Crippen LogP contribution in [-0.4, -0.2) is 59.9 Å². The topological polar surface area (TPSA) is 76.6 Å². The molecule has 1 aliphatic rings. The van der Waals surface area contributed by atoms with Crippen molar-refractivity contribution in [3.8, 4) is 11.3 Å². The quantitative estimate of drug-likeness (QED) is 0.628. The van der Waals surface area contributed by atoms with Gasteiger partial charge in [-0.15, -0.1) is 0 Å². The van der Waals surface area contributed by atoms with Crippen LogP contribution in [0.25, 0.3) is 11.3 Å². The number of carbonyl (C=O) groups excluding carboxylic acids is 1. The Bertz CT molecular complexity index is 941. The van der Waals surface area contributed by atoms with E-state index < -0.39 is 0 Å². The number of methoxy groups -OCH3 is 1. The van der Waals surface area contributed by atoms with E-state index in [9.17, 15) is 4.79 Å². The maximum atomic E-state index is 12.0. The number of hydrogen-bond acceptors (Lipinski definition) is 6. The average Bonchev–Trinajstić information content (AvgIpc) is 3.15. The van der Waals surface area contributed by atoms with Crippen molar-refractivity contribution in [1.29, 1.82) is 0 Å². The molecular formula is C22H28Cl2N4O3. The Kier molecular flexibility index (Phi) is 7.97. The van der Waals surface area contributed by atoms with E-state index >= 15 is 0 Å². The highest BCUT2D eigenvalue weighted by Gasteiger charge is 2.37. The number of hydrogen-bond donors (Lipinski definition) is 1. The number of carbonyl (C=O) groups is 1. The number of nitrogens with zero attached hydrogens (tertiary/aromatic N) is 3. The summed E-state index contributed by atoms with van der Waals surface area (Å²) in [4.78, 5) is 23.5. The summed E-state index contributed by atoms with van der Waals surface area (Å²) in [6.07, 6.45) is 0.849. The van der Waals surface area contributed by atoms with Gasteiger partial charge in [0, 0.05) is 23.7 Å². The Labute approximate surface area is 193 Å². The summed E-state index contributed by atoms with van der Waals surface area (Å²) >= 11 is 12.5. The first-order valence-electron chi connectivity index (χ1n) is 10.5. The van der Waals surface area contributed by atoms with E-state index in [1.807, 2.05) is 26.8 Å². The predicted octanol–water partition coefficient (Wildman–Crippen LogP) is 4.84. The summed E-state index contributed by atoms with van der Waals surface area (Å²) in [5.41, 5.74) is 3.22. The molecule has 3 rings (SSSR count). The Morgan fingerprint density at radius 2 is 1.90 bits per heavy atom. The molecule has 2 unspecified atom stereocenters. The van der Waals surface area contributed by atoms with E-state index in [4.69, 9.17) is 42.6 Å². The number of nitrogens with one attached hydrogen (secondary N) is 1. The minimum absolute atomic E-state index is 0.117. The lowest BCUT2D eigenvalue weighted by Gasteiger charge is -2.22. The molecule has 2 heterocycles. The first-order valence-corrected chi connectivity index (χ1v) is 11.2. The Hall–Kier alpha value is -2.09. The van der Waals surface area contributed by atoms with E-state index in [0.29, 0.717) is 48.4 Å². The lowest BCUT2D eigenvalue weighted by molar-refractivity contribution is 0.0613. The van der Waals surface area contributed by atoms with Gasteiger partial charge in [-0.2, -0.15) is 0 Å². The van der Waals surface area contributed by atoms with Gasteiger partial charge in [-0.25, -0.2) is 14.8 Å². The molecule has 1 aromatic heterocycles. The van der Waals surface area contributed by atoms with Gasteiger partial charge in [0.25, 0.3) is 0 Å². The standard InChI is InChI=1S/C22H28Cl2N4O3/c1-5-16-20(14-9-8-13(23)10-15(14)24)25-17(6-2)21(26-16)27-18-11-28(22(29)30-4)12-19(18)31-7-3/h8-10,18-19H,5-7,11-12H2,1-4H3,(H,26,27). The summed E-state index contributed by atoms with van der Waals surface area (Å²) in [5.74, 6) is 0.703. The second-order valence-electron chi connectivity index (χ2n) is 7.27. The van der Waals surface area contributed by atoms with Crippen molar-refractivity contribution in [2.75, 3.05) is 32.1 Å². The van der Waals surface area contributed by atoms with E-state index in [2.05, 4.69) is 5.32 Å². The van der Waals surface area contributed by atoms with Crippen molar-refractivity contribution in [3.05, 3.63) is 39.6 Å². The first-order chi connectivity index (χ1) is 14.9. The highest BCUT2D eigenvalue weighted by atomic mass is 35.5. The van der Waals surface area contributed by atoms with Gasteiger partial charge in [0.15, 0.2) is 0 Å². The van der Waals surface area contributed by atoms with Crippen molar-refractivity contribution in [1.82, 2.24) is 14.9 Å². The van der Waals surface area contributed by atoms with Crippen LogP contribution in [0.15, 0.2) is 18.2 Å². The third-order valence-corrected chi connectivity index (χ3v) is 5.85. The van der Waals surface area contributed by atoms with Gasteiger partial charge in [0.1, 0.15) is 5.82 Å². The Morgan fingerprint density at radius 3 is 2.52 bits per heavy atom. The van der Waals surface area contributed by atoms with Crippen molar-refractivity contribution in [2.24, 2.45) is 0 Å². The van der Waals surface area contributed by atoms with Crippen LogP contribution in [0.3, 0.4) is 0 Å². The molecule has 2 aromatic rings. The van der Waals surface area contributed by atoms with E-state index in [1.165, 1.54) is 7.11 Å². The largest absolute Gasteiger partial charge is 0.453 e. The molecule has 7 nitrogen and oxygen atoms in total. The molecule has 168 valence electrons. The van der Waals surface area contributed by atoms with E-state index in [-0.39, 0.29) is 18.2 Å². The summed E-state index contributed by atoms with van der Waals surface area (Å²) in [7, 11) is 1.38. The molecule has 0 aliphatic carbocycles. The SMILES string of the molecule is CCOC1CN(C(=O)OC)CC1Nc1nc(CC)c(-c2ccc(Cl)cc2Cl)nc1CC. The molecule has 9 heteroatoms. The van der Waals surface area contributed by atoms with Crippen molar-refractivity contribution in [2.45, 2.75) is 45.8 Å². The Morgan fingerprint density at radius 1 is 1.16 bits per heavy atom. The van der Waals surface area contributed by atoms with E-state index in [0.717, 1.165) is 22.6 Å². The van der Waals surface area contributed by atoms with Crippen LogP contribution in [0.1, 0.15) is 32.2 Å². The van der Waals surface area contributed by atoms with Gasteiger partial charge in [-0.05, 0) is 38.0 Å². The van der Waals surface area contributed by atoms with Gasteiger partial charge >= 0.3 is 6.09 Å². The molecule has 1 aliphatic heterocycles. The average molecular weight is 467 g/mol. The summed E-state index contributed by atoms with van der Waals surface area (Å²) in [5, 5.41) is 4.60. The molecule has 0 spiro atoms. The fourth-order valence-corrected chi connectivity index (χ4v) is 4.26. The van der Waals surface area contributed by atoms with Gasteiger partial charge < -0.3 is 19.7 Å². The molecule has 1 saturated heterocycles. The number of aryl methyl sites for hydroxylation is 2. The summed E-state index contributed by atoms with van der Waals surface area (Å²) in [6.45, 7) is 7.49. The molecule has 0 bridgehead atoms. The molecule has 1 amide bonds. The number of likely N-dealkylation sites (tertiary alicyclic amines) is 1. The number of benzene rings is 1. The van der Waals surface area contributed by atoms with Crippen LogP contribution in [0.5, 0.6) is 0 Å². The number of amides is 1. The van der Waals surface area contributed by atoms with Crippen molar-refractivity contribution in [3.63, 3.8) is 0 Å². The second-order valence-corrected chi connectivity index (χ2v) is 8.11. The maximum Gasteiger partial charge on any atom is 0.409 e. The molecule has 31 heavy (non-hydrogen) atoms. The molecule has 0 radical (unpaired) electrons. The lowest BCUT2D eigenvalue weighted by atomic mass is 10.1. The second kappa shape index (κ2) is 10.5. The molecule has 0 saturated carbocycles. The first kappa shape index (κ1) is 23.6. The zero-order chi connectivity index (χ0) is 22.5. The third-order valence-electron chi connectivity index (χ3n) is 5.30. The van der Waals surface area contributed by atoms with Crippen LogP contribution in [0.4, 0.5) is 10.6 Å². The zero-order valence-electron chi connectivity index (χ0n) is 18.2. The van der Waals surface area contributed by atoms with Crippen LogP contribution in [-0.2, 0) is 22.3 Å². The monoisotopic (exact) mass is 466 g/mol. The Balaban J connectivity index is 1.95. The number of rotatable bonds is 7. The van der Waals surface area contributed by atoms with Crippen LogP contribution in [0.2, 0.25) is 10.0 Å². The molecule has 1 N–H and O–H groups in total. The normalized spacial score (nSPS) is 18.3. The molecule has 1 aromatic carbocycles. The fourth-order valence-electron chi connectivity index (χ4n) is 3.76. The highest BCUT2D eigenvalue weighted by molar-refractivity contribution is 6.36. The molecule has 1 fully saturated rings. The zero-order valence-corrected chi connectivity index (χ0v) is 19.8. The van der Waals surface area contributed by atoms with Gasteiger partial charge in [0.05, 0.1) is 47.9 Å². The number of anilines is 1. The van der Waals surface area contributed by atoms with Crippen LogP contribution < -0.4 is 5.32 Å². The van der Waals surface area contributed by atoms with Crippen LogP contribution >= 0.6 is 23.2 Å². The van der Waals surface area contributed by atoms with Crippen LogP contribution in [0, 0.1) is 0 Å². The number of halogens is 2. The smallest absolute Gasteiger partial charge is 0.409 e. The highest BCUT2D eigenvalue weighted by Crippen LogP contribution is 2.33. The van der Waals surface area contributed by atoms with Gasteiger partial charge in [-0.1, -0.05) is 37.0 Å². The van der Waals surface area contributed by atoms with E-state index in [1.54, 1.807) is 17.0 Å². The summed E-state index contributed by atoms with van der Waals surface area (Å²) in [6, 6.07) is 5.27. The third kappa shape index (κ3) is 5.22. The minimum Gasteiger partial charge on any atom is -0.453 e. The van der Waals surface area contributed by atoms with Gasteiger partial charge in [-0.3, -0.25) is 0 Å². The number of aromatic nitrogens is 2. The van der Waals surface area contributed by atoms with Gasteiger partial charge in [0.2, 0.25) is 0 Å².